The predicted molar refractivity (Wildman–Crippen MR) is 148 cm³/mol. The average Bonchev–Trinajstić information content (AvgIpc) is 3.46. The molecule has 9 nitrogen and oxygen atoms in total. The number of fused-ring (bicyclic) bond motifs is 1. The summed E-state index contributed by atoms with van der Waals surface area (Å²) in [6.45, 7) is 4.50. The molecular weight excluding hydrogens is 573 g/mol. The number of rotatable bonds is 6. The van der Waals surface area contributed by atoms with Gasteiger partial charge in [0.05, 0.1) is 29.1 Å². The van der Waals surface area contributed by atoms with Crippen LogP contribution in [0.2, 0.25) is 0 Å². The number of thioether (sulfide) groups is 1. The Kier molecular flexibility index (Phi) is 9.85. The van der Waals surface area contributed by atoms with E-state index >= 15 is 0 Å². The Balaban J connectivity index is 1.14. The van der Waals surface area contributed by atoms with Gasteiger partial charge >= 0.3 is 0 Å². The number of halogens is 4. The highest BCUT2D eigenvalue weighted by Crippen LogP contribution is 2.39. The van der Waals surface area contributed by atoms with E-state index in [9.17, 15) is 18.4 Å². The minimum Gasteiger partial charge on any atom is -0.380 e. The summed E-state index contributed by atoms with van der Waals surface area (Å²) in [5, 5.41) is 16.5. The van der Waals surface area contributed by atoms with Crippen LogP contribution < -0.4 is 26.6 Å². The number of hydrogen-bond acceptors (Lipinski definition) is 8. The number of likely N-dealkylation sites (tertiary alicyclic amines) is 1. The molecule has 0 bridgehead atoms. The van der Waals surface area contributed by atoms with E-state index in [4.69, 9.17) is 27.9 Å². The zero-order valence-electron chi connectivity index (χ0n) is 22.3. The van der Waals surface area contributed by atoms with Gasteiger partial charge in [-0.05, 0) is 44.4 Å². The van der Waals surface area contributed by atoms with E-state index in [1.807, 2.05) is 0 Å². The molecule has 5 rings (SSSR count). The van der Waals surface area contributed by atoms with Crippen molar-refractivity contribution in [2.45, 2.75) is 85.0 Å². The third-order valence-corrected chi connectivity index (χ3v) is 11.3. The maximum absolute atomic E-state index is 13.6. The van der Waals surface area contributed by atoms with Crippen LogP contribution in [0.25, 0.3) is 0 Å². The zero-order valence-corrected chi connectivity index (χ0v) is 24.6. The summed E-state index contributed by atoms with van der Waals surface area (Å²) >= 11 is 14.2. The van der Waals surface area contributed by atoms with Gasteiger partial charge in [0, 0.05) is 56.5 Å². The highest BCUT2D eigenvalue weighted by atomic mass is 35.5. The molecule has 0 aliphatic carbocycles. The lowest BCUT2D eigenvalue weighted by Gasteiger charge is -2.45. The second kappa shape index (κ2) is 12.8. The number of ether oxygens (including phenoxy) is 1. The van der Waals surface area contributed by atoms with Crippen LogP contribution in [0.3, 0.4) is 0 Å². The van der Waals surface area contributed by atoms with Crippen LogP contribution in [0.1, 0.15) is 32.6 Å². The number of methoxy groups -OCH3 is 1. The summed E-state index contributed by atoms with van der Waals surface area (Å²) in [6, 6.07) is -0.178. The van der Waals surface area contributed by atoms with Crippen molar-refractivity contribution in [3.63, 3.8) is 0 Å². The van der Waals surface area contributed by atoms with Crippen molar-refractivity contribution < 1.29 is 23.1 Å². The Hall–Kier alpha value is -0.470. The lowest BCUT2D eigenvalue weighted by molar-refractivity contribution is -0.134. The van der Waals surface area contributed by atoms with Crippen LogP contribution in [0.5, 0.6) is 0 Å². The van der Waals surface area contributed by atoms with E-state index < -0.39 is 23.9 Å². The number of amides is 2. The number of hydrogen-bond donors (Lipinski definition) is 5. The van der Waals surface area contributed by atoms with Crippen LogP contribution in [0.15, 0.2) is 0 Å². The smallest absolute Gasteiger partial charge is 0.244 e. The molecule has 14 heteroatoms. The highest BCUT2D eigenvalue weighted by Gasteiger charge is 2.48. The first-order valence-electron chi connectivity index (χ1n) is 14.0. The van der Waals surface area contributed by atoms with Crippen molar-refractivity contribution in [2.75, 3.05) is 33.3 Å². The van der Waals surface area contributed by atoms with Gasteiger partial charge in [0.15, 0.2) is 0 Å². The second-order valence-electron chi connectivity index (χ2n) is 11.6. The second-order valence-corrected chi connectivity index (χ2v) is 14.0. The third-order valence-electron chi connectivity index (χ3n) is 9.19. The maximum Gasteiger partial charge on any atom is 0.244 e. The molecule has 5 aliphatic rings. The molecule has 0 saturated carbocycles. The number of nitrogens with one attached hydrogen (secondary N) is 5. The summed E-state index contributed by atoms with van der Waals surface area (Å²) in [7, 11) is 1.72. The summed E-state index contributed by atoms with van der Waals surface area (Å²) in [5.74, 6) is -0.854. The molecule has 0 radical (unpaired) electrons. The first-order valence-corrected chi connectivity index (χ1v) is 15.8. The Morgan fingerprint density at radius 1 is 1.08 bits per heavy atom. The molecule has 12 atom stereocenters. The summed E-state index contributed by atoms with van der Waals surface area (Å²) in [5.41, 5.74) is -1.27. The molecule has 5 aliphatic heterocycles. The van der Waals surface area contributed by atoms with E-state index in [-0.39, 0.29) is 64.4 Å². The fourth-order valence-electron chi connectivity index (χ4n) is 7.02. The van der Waals surface area contributed by atoms with Gasteiger partial charge in [-0.2, -0.15) is 0 Å². The quantitative estimate of drug-likeness (QED) is 0.226. The fourth-order valence-corrected chi connectivity index (χ4v) is 9.11. The standard InChI is InChI=1S/C25H40Cl2F2N6O3S/c1-11-5-13(14-6-20(26)31-8-18(14)38-2)15(7-30-11)23(36)34-25-33-17-9-35(10-19(17)39-25)24(37)16-4-3-12(22(28)29)21(27)32-16/h11-22,25,30-33H,3-10H2,1-2H3,(H,34,36). The van der Waals surface area contributed by atoms with E-state index in [0.29, 0.717) is 38.6 Å². The Bertz CT molecular complexity index is 885. The summed E-state index contributed by atoms with van der Waals surface area (Å²) < 4.78 is 32.0. The number of alkyl halides is 4. The topological polar surface area (TPSA) is 107 Å². The number of nitrogens with zero attached hydrogens (tertiary/aromatic N) is 1. The average molecular weight is 614 g/mol. The molecule has 0 aromatic carbocycles. The van der Waals surface area contributed by atoms with Gasteiger partial charge in [0.25, 0.3) is 0 Å². The van der Waals surface area contributed by atoms with Gasteiger partial charge in [0.2, 0.25) is 18.2 Å². The van der Waals surface area contributed by atoms with Gasteiger partial charge < -0.3 is 20.3 Å². The van der Waals surface area contributed by atoms with Crippen molar-refractivity contribution in [3.8, 4) is 0 Å². The fraction of sp³-hybridized carbons (Fsp3) is 0.920. The van der Waals surface area contributed by atoms with E-state index in [1.165, 1.54) is 0 Å². The molecule has 5 saturated heterocycles. The van der Waals surface area contributed by atoms with Crippen molar-refractivity contribution >= 4 is 46.8 Å². The minimum atomic E-state index is -2.50. The van der Waals surface area contributed by atoms with Crippen LogP contribution in [0.4, 0.5) is 8.78 Å². The van der Waals surface area contributed by atoms with Gasteiger partial charge in [-0.3, -0.25) is 25.5 Å². The summed E-state index contributed by atoms with van der Waals surface area (Å²) in [4.78, 5) is 28.4. The number of carbonyl (C=O) groups excluding carboxylic acids is 2. The molecular formula is C25H40Cl2F2N6O3S. The van der Waals surface area contributed by atoms with Crippen LogP contribution in [0, 0.1) is 23.7 Å². The predicted octanol–water partition coefficient (Wildman–Crippen LogP) is 1.30. The van der Waals surface area contributed by atoms with Gasteiger partial charge in [-0.25, -0.2) is 8.78 Å². The number of piperidine rings is 3. The van der Waals surface area contributed by atoms with Crippen LogP contribution in [-0.4, -0.2) is 102 Å². The van der Waals surface area contributed by atoms with Gasteiger partial charge in [0.1, 0.15) is 5.50 Å². The zero-order chi connectivity index (χ0) is 27.8. The Labute approximate surface area is 242 Å². The lowest BCUT2D eigenvalue weighted by Crippen LogP contribution is -2.57. The molecule has 222 valence electrons. The van der Waals surface area contributed by atoms with E-state index in [1.54, 1.807) is 23.8 Å². The molecule has 39 heavy (non-hydrogen) atoms. The minimum absolute atomic E-state index is 0.0152. The van der Waals surface area contributed by atoms with Crippen molar-refractivity contribution in [1.29, 1.82) is 0 Å². The summed E-state index contributed by atoms with van der Waals surface area (Å²) in [6.07, 6.45) is -0.271. The molecule has 0 aromatic rings. The van der Waals surface area contributed by atoms with Gasteiger partial charge in [-0.15, -0.1) is 35.0 Å². The van der Waals surface area contributed by atoms with E-state index in [2.05, 4.69) is 33.5 Å². The first kappa shape index (κ1) is 30.0. The molecule has 5 N–H and O–H groups in total. The Morgan fingerprint density at radius 3 is 2.56 bits per heavy atom. The molecule has 0 spiro atoms. The lowest BCUT2D eigenvalue weighted by atomic mass is 9.70. The third kappa shape index (κ3) is 6.63. The number of carbonyl (C=O) groups is 2. The molecule has 5 heterocycles. The van der Waals surface area contributed by atoms with Crippen molar-refractivity contribution in [3.05, 3.63) is 0 Å². The van der Waals surface area contributed by atoms with Crippen LogP contribution >= 0.6 is 35.0 Å². The maximum atomic E-state index is 13.6. The van der Waals surface area contributed by atoms with Crippen molar-refractivity contribution in [1.82, 2.24) is 31.5 Å². The monoisotopic (exact) mass is 612 g/mol. The SMILES string of the molecule is COC1CNC(Cl)CC1C1CC(C)NCC1C(=O)NC1NC2CN(C(=O)C3CCC(C(F)F)C(Cl)N3)CC2S1. The molecule has 5 fully saturated rings. The largest absolute Gasteiger partial charge is 0.380 e. The first-order chi connectivity index (χ1) is 18.6. The van der Waals surface area contributed by atoms with Crippen LogP contribution in [-0.2, 0) is 14.3 Å². The van der Waals surface area contributed by atoms with E-state index in [0.717, 1.165) is 12.8 Å². The Morgan fingerprint density at radius 2 is 1.87 bits per heavy atom. The molecule has 2 amide bonds. The normalized spacial score (nSPS) is 44.8. The molecule has 0 aromatic heterocycles. The van der Waals surface area contributed by atoms with Crippen molar-refractivity contribution in [2.24, 2.45) is 23.7 Å². The molecule has 12 unspecified atom stereocenters. The van der Waals surface area contributed by atoms with Gasteiger partial charge in [-0.1, -0.05) is 0 Å². The highest BCUT2D eigenvalue weighted by molar-refractivity contribution is 8.00.